The predicted octanol–water partition coefficient (Wildman–Crippen LogP) is 5.04. The number of rotatable bonds is 6. The Bertz CT molecular complexity index is 898. The Balaban J connectivity index is 1.58. The van der Waals surface area contributed by atoms with Crippen LogP contribution in [-0.4, -0.2) is 12.5 Å². The topological polar surface area (TPSA) is 38.3 Å². The first-order chi connectivity index (χ1) is 12.6. The van der Waals surface area contributed by atoms with Crippen molar-refractivity contribution in [3.8, 4) is 16.9 Å². The smallest absolute Gasteiger partial charge is 0.227 e. The maximum absolute atomic E-state index is 13.2. The Morgan fingerprint density at radius 1 is 0.885 bits per heavy atom. The molecule has 132 valence electrons. The lowest BCUT2D eigenvalue weighted by atomic mass is 10.1. The van der Waals surface area contributed by atoms with Crippen molar-refractivity contribution < 1.29 is 18.3 Å². The Kier molecular flexibility index (Phi) is 5.59. The van der Waals surface area contributed by atoms with Crippen LogP contribution in [0, 0.1) is 11.6 Å². The second-order valence-corrected chi connectivity index (χ2v) is 5.64. The molecule has 3 aromatic carbocycles. The van der Waals surface area contributed by atoms with Crippen LogP contribution < -0.4 is 10.1 Å². The first-order valence-electron chi connectivity index (χ1n) is 8.15. The monoisotopic (exact) mass is 353 g/mol. The number of hydrogen-bond acceptors (Lipinski definition) is 2. The minimum absolute atomic E-state index is 0.0854. The van der Waals surface area contributed by atoms with Crippen LogP contribution >= 0.6 is 0 Å². The van der Waals surface area contributed by atoms with Gasteiger partial charge in [0, 0.05) is 17.3 Å². The highest BCUT2D eigenvalue weighted by atomic mass is 19.2. The van der Waals surface area contributed by atoms with Crippen molar-refractivity contribution in [2.75, 3.05) is 11.9 Å². The van der Waals surface area contributed by atoms with E-state index in [1.807, 2.05) is 54.6 Å². The molecule has 3 rings (SSSR count). The summed E-state index contributed by atoms with van der Waals surface area (Å²) in [6.07, 6.45) is 0.0854. The first-order valence-corrected chi connectivity index (χ1v) is 8.15. The SMILES string of the molecule is O=C(CCOc1ccccc1-c1ccccc1)Nc1ccc(F)c(F)c1. The first kappa shape index (κ1) is 17.6. The molecule has 0 atom stereocenters. The van der Waals surface area contributed by atoms with E-state index in [4.69, 9.17) is 4.74 Å². The molecule has 0 radical (unpaired) electrons. The van der Waals surface area contributed by atoms with Crippen molar-refractivity contribution in [2.24, 2.45) is 0 Å². The number of halogens is 2. The number of ether oxygens (including phenoxy) is 1. The second kappa shape index (κ2) is 8.25. The summed E-state index contributed by atoms with van der Waals surface area (Å²) in [7, 11) is 0. The van der Waals surface area contributed by atoms with Crippen molar-refractivity contribution in [2.45, 2.75) is 6.42 Å². The molecule has 0 saturated heterocycles. The molecular weight excluding hydrogens is 336 g/mol. The third kappa shape index (κ3) is 4.45. The average Bonchev–Trinajstić information content (AvgIpc) is 2.66. The summed E-state index contributed by atoms with van der Waals surface area (Å²) in [6.45, 7) is 0.166. The summed E-state index contributed by atoms with van der Waals surface area (Å²) in [4.78, 5) is 11.9. The van der Waals surface area contributed by atoms with E-state index in [0.29, 0.717) is 5.75 Å². The van der Waals surface area contributed by atoms with Gasteiger partial charge in [-0.05, 0) is 23.8 Å². The zero-order valence-electron chi connectivity index (χ0n) is 13.9. The standard InChI is InChI=1S/C21H17F2NO2/c22-18-11-10-16(14-19(18)23)24-21(25)12-13-26-20-9-5-4-8-17(20)15-6-2-1-3-7-15/h1-11,14H,12-13H2,(H,24,25). The Morgan fingerprint density at radius 3 is 2.38 bits per heavy atom. The van der Waals surface area contributed by atoms with Crippen LogP contribution in [0.3, 0.4) is 0 Å². The van der Waals surface area contributed by atoms with E-state index >= 15 is 0 Å². The number of hydrogen-bond donors (Lipinski definition) is 1. The van der Waals surface area contributed by atoms with Gasteiger partial charge in [0.15, 0.2) is 11.6 Å². The third-order valence-electron chi connectivity index (χ3n) is 3.76. The van der Waals surface area contributed by atoms with E-state index in [0.717, 1.165) is 23.3 Å². The molecule has 3 nitrogen and oxygen atoms in total. The quantitative estimate of drug-likeness (QED) is 0.674. The van der Waals surface area contributed by atoms with E-state index in [9.17, 15) is 13.6 Å². The zero-order chi connectivity index (χ0) is 18.4. The van der Waals surface area contributed by atoms with Crippen LogP contribution in [0.1, 0.15) is 6.42 Å². The van der Waals surface area contributed by atoms with E-state index in [2.05, 4.69) is 5.32 Å². The Morgan fingerprint density at radius 2 is 1.62 bits per heavy atom. The van der Waals surface area contributed by atoms with Gasteiger partial charge < -0.3 is 10.1 Å². The third-order valence-corrected chi connectivity index (χ3v) is 3.76. The molecule has 0 saturated carbocycles. The highest BCUT2D eigenvalue weighted by molar-refractivity contribution is 5.90. The Hall–Kier alpha value is -3.21. The van der Waals surface area contributed by atoms with Crippen LogP contribution in [0.4, 0.5) is 14.5 Å². The van der Waals surface area contributed by atoms with Crippen LogP contribution in [0.5, 0.6) is 5.75 Å². The molecule has 1 amide bonds. The van der Waals surface area contributed by atoms with E-state index in [1.165, 1.54) is 6.07 Å². The van der Waals surface area contributed by atoms with Crippen molar-refractivity contribution in [3.05, 3.63) is 84.4 Å². The van der Waals surface area contributed by atoms with Crippen molar-refractivity contribution in [1.82, 2.24) is 0 Å². The molecule has 5 heteroatoms. The maximum Gasteiger partial charge on any atom is 0.227 e. The van der Waals surface area contributed by atoms with Gasteiger partial charge in [-0.25, -0.2) is 8.78 Å². The highest BCUT2D eigenvalue weighted by Gasteiger charge is 2.09. The summed E-state index contributed by atoms with van der Waals surface area (Å²) in [5.41, 5.74) is 2.17. The number of para-hydroxylation sites is 1. The van der Waals surface area contributed by atoms with Gasteiger partial charge in [0.05, 0.1) is 13.0 Å². The number of anilines is 1. The molecular formula is C21H17F2NO2. The van der Waals surface area contributed by atoms with Crippen LogP contribution in [-0.2, 0) is 4.79 Å². The van der Waals surface area contributed by atoms with Crippen molar-refractivity contribution >= 4 is 11.6 Å². The normalized spacial score (nSPS) is 10.4. The Labute approximate surface area is 150 Å². The molecule has 0 aliphatic carbocycles. The summed E-state index contributed by atoms with van der Waals surface area (Å²) in [5.74, 6) is -1.62. The average molecular weight is 353 g/mol. The fourth-order valence-electron chi connectivity index (χ4n) is 2.50. The van der Waals surface area contributed by atoms with Crippen LogP contribution in [0.25, 0.3) is 11.1 Å². The minimum atomic E-state index is -1.00. The maximum atomic E-state index is 13.2. The molecule has 0 unspecified atom stereocenters. The number of carbonyl (C=O) groups excluding carboxylic acids is 1. The lowest BCUT2D eigenvalue weighted by Gasteiger charge is -2.12. The molecule has 0 bridgehead atoms. The number of carbonyl (C=O) groups is 1. The van der Waals surface area contributed by atoms with Crippen molar-refractivity contribution in [3.63, 3.8) is 0 Å². The van der Waals surface area contributed by atoms with Gasteiger partial charge in [-0.2, -0.15) is 0 Å². The molecule has 0 heterocycles. The lowest BCUT2D eigenvalue weighted by molar-refractivity contribution is -0.116. The van der Waals surface area contributed by atoms with Gasteiger partial charge in [-0.3, -0.25) is 4.79 Å². The van der Waals surface area contributed by atoms with Gasteiger partial charge in [0.2, 0.25) is 5.91 Å². The van der Waals surface area contributed by atoms with Gasteiger partial charge in [0.25, 0.3) is 0 Å². The molecule has 0 fully saturated rings. The van der Waals surface area contributed by atoms with E-state index in [-0.39, 0.29) is 24.6 Å². The summed E-state index contributed by atoms with van der Waals surface area (Å²) >= 11 is 0. The van der Waals surface area contributed by atoms with Crippen molar-refractivity contribution in [1.29, 1.82) is 0 Å². The summed E-state index contributed by atoms with van der Waals surface area (Å²) < 4.78 is 31.8. The minimum Gasteiger partial charge on any atom is -0.492 e. The van der Waals surface area contributed by atoms with Gasteiger partial charge in [-0.15, -0.1) is 0 Å². The molecule has 0 aliphatic heterocycles. The van der Waals surface area contributed by atoms with E-state index < -0.39 is 11.6 Å². The zero-order valence-corrected chi connectivity index (χ0v) is 13.9. The largest absolute Gasteiger partial charge is 0.492 e. The summed E-state index contributed by atoms with van der Waals surface area (Å²) in [5, 5.41) is 2.52. The fraction of sp³-hybridized carbons (Fsp3) is 0.0952. The second-order valence-electron chi connectivity index (χ2n) is 5.64. The molecule has 1 N–H and O–H groups in total. The molecule has 0 aliphatic rings. The number of benzene rings is 3. The van der Waals surface area contributed by atoms with Crippen LogP contribution in [0.2, 0.25) is 0 Å². The molecule has 3 aromatic rings. The fourth-order valence-corrected chi connectivity index (χ4v) is 2.50. The predicted molar refractivity (Wildman–Crippen MR) is 97.0 cm³/mol. The van der Waals surface area contributed by atoms with Crippen LogP contribution in [0.15, 0.2) is 72.8 Å². The number of nitrogens with one attached hydrogen (secondary N) is 1. The molecule has 26 heavy (non-hydrogen) atoms. The molecule has 0 aromatic heterocycles. The summed E-state index contributed by atoms with van der Waals surface area (Å²) in [6, 6.07) is 20.6. The van der Waals surface area contributed by atoms with Gasteiger partial charge in [0.1, 0.15) is 5.75 Å². The van der Waals surface area contributed by atoms with E-state index in [1.54, 1.807) is 0 Å². The van der Waals surface area contributed by atoms with Gasteiger partial charge in [-0.1, -0.05) is 48.5 Å². The lowest BCUT2D eigenvalue weighted by Crippen LogP contribution is -2.15. The highest BCUT2D eigenvalue weighted by Crippen LogP contribution is 2.29. The van der Waals surface area contributed by atoms with Gasteiger partial charge >= 0.3 is 0 Å². The molecule has 0 spiro atoms. The number of amides is 1.